The number of benzene rings is 2. The lowest BCUT2D eigenvalue weighted by Gasteiger charge is -2.11. The van der Waals surface area contributed by atoms with Crippen LogP contribution in [0.4, 0.5) is 4.39 Å². The number of thiol groups is 1. The molecule has 0 aliphatic carbocycles. The fraction of sp³-hybridized carbons (Fsp3) is 0.111. The number of hydrogen-bond acceptors (Lipinski definition) is 4. The molecule has 1 aromatic heterocycles. The average Bonchev–Trinajstić information content (AvgIpc) is 3.00. The van der Waals surface area contributed by atoms with Gasteiger partial charge in [-0.2, -0.15) is 0 Å². The lowest BCUT2D eigenvalue weighted by atomic mass is 10.1. The average molecular weight is 376 g/mol. The third kappa shape index (κ3) is 3.49. The first-order chi connectivity index (χ1) is 11.9. The van der Waals surface area contributed by atoms with Gasteiger partial charge in [0.15, 0.2) is 0 Å². The Kier molecular flexibility index (Phi) is 4.99. The van der Waals surface area contributed by atoms with E-state index < -0.39 is 15.8 Å². The first kappa shape index (κ1) is 17.7. The number of nitrogens with one attached hydrogen (secondary N) is 1. The van der Waals surface area contributed by atoms with Gasteiger partial charge in [0, 0.05) is 23.2 Å². The number of rotatable bonds is 5. The Morgan fingerprint density at radius 3 is 2.56 bits per heavy atom. The number of nitrogens with zero attached hydrogens (tertiary/aromatic N) is 1. The molecule has 7 heteroatoms. The van der Waals surface area contributed by atoms with Crippen LogP contribution in [-0.2, 0) is 16.6 Å². The normalized spacial score (nSPS) is 11.6. The van der Waals surface area contributed by atoms with E-state index in [0.717, 1.165) is 9.54 Å². The Morgan fingerprint density at radius 2 is 1.88 bits per heavy atom. The Hall–Kier alpha value is -2.09. The predicted octanol–water partition coefficient (Wildman–Crippen LogP) is 3.54. The van der Waals surface area contributed by atoms with Crippen LogP contribution in [0.1, 0.15) is 5.56 Å². The summed E-state index contributed by atoms with van der Waals surface area (Å²) in [7, 11) is -2.12. The van der Waals surface area contributed by atoms with Gasteiger partial charge in [-0.1, -0.05) is 18.2 Å². The molecule has 0 unspecified atom stereocenters. The van der Waals surface area contributed by atoms with Crippen LogP contribution in [0.25, 0.3) is 11.3 Å². The van der Waals surface area contributed by atoms with Gasteiger partial charge in [0.05, 0.1) is 10.6 Å². The molecule has 0 atom stereocenters. The first-order valence-electron chi connectivity index (χ1n) is 7.59. The van der Waals surface area contributed by atoms with E-state index in [4.69, 9.17) is 0 Å². The summed E-state index contributed by atoms with van der Waals surface area (Å²) in [4.78, 5) is 0.639. The second-order valence-corrected chi connectivity index (χ2v) is 7.87. The maximum Gasteiger partial charge on any atom is 0.268 e. The second-order valence-electron chi connectivity index (χ2n) is 5.54. The standard InChI is InChI=1S/C18H17FN2O2S2/c1-20-11-13-9-18(16-7-2-3-8-17(16)19)21(12-13)25(22,23)15-6-4-5-14(24)10-15/h2-10,12,20,24H,11H2,1H3. The minimum absolute atomic E-state index is 0.101. The fourth-order valence-corrected chi connectivity index (χ4v) is 4.37. The highest BCUT2D eigenvalue weighted by Crippen LogP contribution is 2.29. The molecule has 0 amide bonds. The van der Waals surface area contributed by atoms with Crippen LogP contribution in [0.2, 0.25) is 0 Å². The quantitative estimate of drug-likeness (QED) is 0.670. The van der Waals surface area contributed by atoms with Crippen LogP contribution in [0.15, 0.2) is 70.6 Å². The van der Waals surface area contributed by atoms with E-state index >= 15 is 0 Å². The van der Waals surface area contributed by atoms with Crippen molar-refractivity contribution in [2.24, 2.45) is 0 Å². The third-order valence-electron chi connectivity index (χ3n) is 3.75. The van der Waals surface area contributed by atoms with Crippen molar-refractivity contribution in [1.82, 2.24) is 9.29 Å². The van der Waals surface area contributed by atoms with Crippen LogP contribution in [0, 0.1) is 5.82 Å². The van der Waals surface area contributed by atoms with Gasteiger partial charge in [-0.05, 0) is 49.0 Å². The van der Waals surface area contributed by atoms with Crippen molar-refractivity contribution in [3.63, 3.8) is 0 Å². The van der Waals surface area contributed by atoms with Crippen LogP contribution >= 0.6 is 12.6 Å². The molecule has 1 heterocycles. The summed E-state index contributed by atoms with van der Waals surface area (Å²) in [6.45, 7) is 0.469. The van der Waals surface area contributed by atoms with E-state index in [-0.39, 0.29) is 16.2 Å². The van der Waals surface area contributed by atoms with Gasteiger partial charge in [-0.15, -0.1) is 12.6 Å². The molecule has 25 heavy (non-hydrogen) atoms. The van der Waals surface area contributed by atoms with E-state index in [2.05, 4.69) is 17.9 Å². The minimum atomic E-state index is -3.88. The van der Waals surface area contributed by atoms with Crippen molar-refractivity contribution in [3.05, 3.63) is 72.2 Å². The lowest BCUT2D eigenvalue weighted by molar-refractivity contribution is 0.587. The van der Waals surface area contributed by atoms with Crippen LogP contribution in [0.3, 0.4) is 0 Å². The van der Waals surface area contributed by atoms with E-state index in [1.807, 2.05) is 0 Å². The van der Waals surface area contributed by atoms with Gasteiger partial charge in [0.25, 0.3) is 10.0 Å². The van der Waals surface area contributed by atoms with E-state index in [1.54, 1.807) is 43.4 Å². The molecule has 0 aliphatic rings. The van der Waals surface area contributed by atoms with Crippen molar-refractivity contribution < 1.29 is 12.8 Å². The molecule has 0 saturated heterocycles. The topological polar surface area (TPSA) is 51.1 Å². The molecular formula is C18H17FN2O2S2. The summed E-state index contributed by atoms with van der Waals surface area (Å²) in [5.74, 6) is -0.476. The molecule has 0 spiro atoms. The summed E-state index contributed by atoms with van der Waals surface area (Å²) in [6.07, 6.45) is 1.51. The summed E-state index contributed by atoms with van der Waals surface area (Å²) in [5, 5.41) is 2.98. The summed E-state index contributed by atoms with van der Waals surface area (Å²) in [5.41, 5.74) is 1.26. The van der Waals surface area contributed by atoms with Gasteiger partial charge in [-0.25, -0.2) is 16.8 Å². The Labute approximate surface area is 151 Å². The van der Waals surface area contributed by atoms with Gasteiger partial charge >= 0.3 is 0 Å². The molecule has 130 valence electrons. The molecule has 1 N–H and O–H groups in total. The van der Waals surface area contributed by atoms with E-state index in [1.165, 1.54) is 24.4 Å². The Balaban J connectivity index is 2.23. The molecule has 0 fully saturated rings. The highest BCUT2D eigenvalue weighted by Gasteiger charge is 2.23. The lowest BCUT2D eigenvalue weighted by Crippen LogP contribution is -2.14. The molecule has 2 aromatic carbocycles. The zero-order chi connectivity index (χ0) is 18.0. The third-order valence-corrected chi connectivity index (χ3v) is 5.70. The summed E-state index contributed by atoms with van der Waals surface area (Å²) < 4.78 is 41.6. The van der Waals surface area contributed by atoms with E-state index in [0.29, 0.717) is 11.4 Å². The van der Waals surface area contributed by atoms with Crippen LogP contribution < -0.4 is 5.32 Å². The Morgan fingerprint density at radius 1 is 1.12 bits per heavy atom. The smallest absolute Gasteiger partial charge is 0.268 e. The Bertz CT molecular complexity index is 1010. The molecule has 0 aliphatic heterocycles. The van der Waals surface area contributed by atoms with Crippen molar-refractivity contribution >= 4 is 22.7 Å². The fourth-order valence-electron chi connectivity index (χ4n) is 2.62. The molecule has 0 saturated carbocycles. The molecule has 3 rings (SSSR count). The summed E-state index contributed by atoms with van der Waals surface area (Å²) in [6, 6.07) is 14.1. The monoisotopic (exact) mass is 376 g/mol. The van der Waals surface area contributed by atoms with Gasteiger partial charge in [0.1, 0.15) is 5.82 Å². The van der Waals surface area contributed by atoms with Gasteiger partial charge in [0.2, 0.25) is 0 Å². The van der Waals surface area contributed by atoms with Crippen LogP contribution in [0.5, 0.6) is 0 Å². The minimum Gasteiger partial charge on any atom is -0.316 e. The maximum atomic E-state index is 14.3. The second kappa shape index (κ2) is 7.03. The molecular weight excluding hydrogens is 359 g/mol. The number of halogens is 1. The van der Waals surface area contributed by atoms with Gasteiger partial charge in [-0.3, -0.25) is 0 Å². The maximum absolute atomic E-state index is 14.3. The van der Waals surface area contributed by atoms with Crippen molar-refractivity contribution in [3.8, 4) is 11.3 Å². The highest BCUT2D eigenvalue weighted by atomic mass is 32.2. The molecule has 4 nitrogen and oxygen atoms in total. The predicted molar refractivity (Wildman–Crippen MR) is 98.9 cm³/mol. The molecule has 0 bridgehead atoms. The zero-order valence-electron chi connectivity index (χ0n) is 13.5. The van der Waals surface area contributed by atoms with Crippen molar-refractivity contribution in [2.45, 2.75) is 16.3 Å². The molecule has 3 aromatic rings. The van der Waals surface area contributed by atoms with E-state index in [9.17, 15) is 12.8 Å². The number of hydrogen-bond donors (Lipinski definition) is 2. The number of aromatic nitrogens is 1. The summed E-state index contributed by atoms with van der Waals surface area (Å²) >= 11 is 4.21. The van der Waals surface area contributed by atoms with Crippen LogP contribution in [-0.4, -0.2) is 19.4 Å². The van der Waals surface area contributed by atoms with Crippen molar-refractivity contribution in [2.75, 3.05) is 7.05 Å². The first-order valence-corrected chi connectivity index (χ1v) is 9.47. The zero-order valence-corrected chi connectivity index (χ0v) is 15.2. The van der Waals surface area contributed by atoms with Gasteiger partial charge < -0.3 is 5.32 Å². The molecule has 0 radical (unpaired) electrons. The highest BCUT2D eigenvalue weighted by molar-refractivity contribution is 7.90. The largest absolute Gasteiger partial charge is 0.316 e. The SMILES string of the molecule is CNCc1cc(-c2ccccc2F)n(S(=O)(=O)c2cccc(S)c2)c1. The van der Waals surface area contributed by atoms with Crippen molar-refractivity contribution in [1.29, 1.82) is 0 Å².